The molecule has 0 aromatic heterocycles. The van der Waals surface area contributed by atoms with Gasteiger partial charge in [0.05, 0.1) is 12.0 Å². The van der Waals surface area contributed by atoms with Gasteiger partial charge in [-0.05, 0) is 49.2 Å². The fraction of sp³-hybridized carbons (Fsp3) is 0.188. The monoisotopic (exact) mass is 334 g/mol. The van der Waals surface area contributed by atoms with Gasteiger partial charge in [-0.15, -0.1) is 0 Å². The quantitative estimate of drug-likeness (QED) is 0.895. The number of rotatable bonds is 4. The number of methoxy groups -OCH3 is 1. The minimum atomic E-state index is -3.85. The molecule has 23 heavy (non-hydrogen) atoms. The van der Waals surface area contributed by atoms with Crippen LogP contribution in [0.25, 0.3) is 0 Å². The maximum atomic E-state index is 12.5. The summed E-state index contributed by atoms with van der Waals surface area (Å²) in [6.45, 7) is 3.40. The van der Waals surface area contributed by atoms with E-state index in [0.29, 0.717) is 22.6 Å². The van der Waals surface area contributed by atoms with E-state index in [4.69, 9.17) is 9.88 Å². The second kappa shape index (κ2) is 6.39. The van der Waals surface area contributed by atoms with Gasteiger partial charge in [0.1, 0.15) is 5.75 Å². The van der Waals surface area contributed by atoms with Crippen molar-refractivity contribution in [1.82, 2.24) is 0 Å². The summed E-state index contributed by atoms with van der Waals surface area (Å²) in [5, 5.41) is 7.89. The second-order valence-electron chi connectivity index (χ2n) is 5.11. The average Bonchev–Trinajstić information content (AvgIpc) is 2.48. The Labute approximate surface area is 135 Å². The number of sulfonamides is 1. The van der Waals surface area contributed by atoms with Gasteiger partial charge < -0.3 is 10.1 Å². The molecule has 2 rings (SSSR count). The highest BCUT2D eigenvalue weighted by atomic mass is 32.2. The molecule has 6 nitrogen and oxygen atoms in total. The highest BCUT2D eigenvalue weighted by Gasteiger charge is 2.16. The van der Waals surface area contributed by atoms with Crippen LogP contribution in [0.3, 0.4) is 0 Å². The maximum absolute atomic E-state index is 12.5. The van der Waals surface area contributed by atoms with Crippen molar-refractivity contribution < 1.29 is 17.9 Å². The molecule has 7 heteroatoms. The molecule has 0 bridgehead atoms. The number of ether oxygens (including phenoxy) is 1. The highest BCUT2D eigenvalue weighted by molar-refractivity contribution is 7.89. The third-order valence-corrected chi connectivity index (χ3v) is 4.58. The molecular weight excluding hydrogens is 316 g/mol. The van der Waals surface area contributed by atoms with Gasteiger partial charge in [-0.3, -0.25) is 4.79 Å². The summed E-state index contributed by atoms with van der Waals surface area (Å²) >= 11 is 0. The van der Waals surface area contributed by atoms with E-state index in [2.05, 4.69) is 5.32 Å². The SMILES string of the molecule is COc1ccc(C)c(C(=O)Nc2cccc(S(N)(=O)=O)c2C)c1. The molecule has 0 aliphatic carbocycles. The number of primary sulfonamides is 1. The summed E-state index contributed by atoms with van der Waals surface area (Å²) in [6, 6.07) is 9.72. The van der Waals surface area contributed by atoms with Gasteiger partial charge in [0.15, 0.2) is 0 Å². The zero-order valence-electron chi connectivity index (χ0n) is 13.1. The lowest BCUT2D eigenvalue weighted by Crippen LogP contribution is -2.17. The first-order chi connectivity index (χ1) is 10.7. The van der Waals surface area contributed by atoms with Crippen LogP contribution in [0.1, 0.15) is 21.5 Å². The lowest BCUT2D eigenvalue weighted by Gasteiger charge is -2.13. The summed E-state index contributed by atoms with van der Waals surface area (Å²) < 4.78 is 28.2. The Morgan fingerprint density at radius 1 is 1.17 bits per heavy atom. The molecule has 2 aromatic carbocycles. The zero-order valence-corrected chi connectivity index (χ0v) is 13.9. The Morgan fingerprint density at radius 2 is 1.87 bits per heavy atom. The molecule has 0 heterocycles. The number of aryl methyl sites for hydroxylation is 1. The normalized spacial score (nSPS) is 11.1. The number of hydrogen-bond acceptors (Lipinski definition) is 4. The predicted octanol–water partition coefficient (Wildman–Crippen LogP) is 2.21. The van der Waals surface area contributed by atoms with E-state index in [0.717, 1.165) is 5.56 Å². The van der Waals surface area contributed by atoms with Crippen molar-refractivity contribution in [1.29, 1.82) is 0 Å². The van der Waals surface area contributed by atoms with E-state index < -0.39 is 10.0 Å². The van der Waals surface area contributed by atoms with Crippen molar-refractivity contribution in [2.24, 2.45) is 5.14 Å². The van der Waals surface area contributed by atoms with Crippen LogP contribution in [0, 0.1) is 13.8 Å². The Bertz CT molecular complexity index is 860. The predicted molar refractivity (Wildman–Crippen MR) is 88.2 cm³/mol. The molecule has 0 unspecified atom stereocenters. The van der Waals surface area contributed by atoms with Crippen LogP contribution in [0.5, 0.6) is 5.75 Å². The van der Waals surface area contributed by atoms with E-state index in [1.807, 2.05) is 6.92 Å². The summed E-state index contributed by atoms with van der Waals surface area (Å²) in [7, 11) is -2.33. The average molecular weight is 334 g/mol. The standard InChI is InChI=1S/C16H18N2O4S/c1-10-7-8-12(22-3)9-13(10)16(19)18-14-5-4-6-15(11(14)2)23(17,20)21/h4-9H,1-3H3,(H,18,19)(H2,17,20,21). The molecule has 3 N–H and O–H groups in total. The molecule has 0 radical (unpaired) electrons. The van der Waals surface area contributed by atoms with E-state index in [1.165, 1.54) is 19.2 Å². The summed E-state index contributed by atoms with van der Waals surface area (Å²) in [5.74, 6) is 0.215. The molecule has 0 saturated heterocycles. The number of nitrogens with two attached hydrogens (primary N) is 1. The number of anilines is 1. The van der Waals surface area contributed by atoms with Crippen LogP contribution in [-0.2, 0) is 10.0 Å². The zero-order chi connectivity index (χ0) is 17.2. The Kier molecular flexibility index (Phi) is 4.72. The molecule has 0 atom stereocenters. The third kappa shape index (κ3) is 3.69. The number of hydrogen-bond donors (Lipinski definition) is 2. The Morgan fingerprint density at radius 3 is 2.48 bits per heavy atom. The number of nitrogens with one attached hydrogen (secondary N) is 1. The minimum absolute atomic E-state index is 0.0161. The molecule has 0 aliphatic rings. The first-order valence-corrected chi connectivity index (χ1v) is 8.37. The van der Waals surface area contributed by atoms with Gasteiger partial charge >= 0.3 is 0 Å². The third-order valence-electron chi connectivity index (χ3n) is 3.53. The topological polar surface area (TPSA) is 98.5 Å². The summed E-state index contributed by atoms with van der Waals surface area (Å²) in [6.07, 6.45) is 0. The lowest BCUT2D eigenvalue weighted by atomic mass is 10.1. The number of carbonyl (C=O) groups is 1. The Balaban J connectivity index is 2.39. The molecule has 0 aliphatic heterocycles. The summed E-state index contributed by atoms with van der Waals surface area (Å²) in [4.78, 5) is 12.5. The Hall–Kier alpha value is -2.38. The first-order valence-electron chi connectivity index (χ1n) is 6.82. The van der Waals surface area contributed by atoms with Gasteiger partial charge in [-0.25, -0.2) is 13.6 Å². The highest BCUT2D eigenvalue weighted by Crippen LogP contribution is 2.24. The van der Waals surface area contributed by atoms with Gasteiger partial charge in [0.2, 0.25) is 10.0 Å². The van der Waals surface area contributed by atoms with Crippen molar-refractivity contribution in [3.05, 3.63) is 53.1 Å². The number of amides is 1. The van der Waals surface area contributed by atoms with E-state index in [9.17, 15) is 13.2 Å². The summed E-state index contributed by atoms with van der Waals surface area (Å²) in [5.41, 5.74) is 2.01. The van der Waals surface area contributed by atoms with Gasteiger partial charge in [0, 0.05) is 11.3 Å². The van der Waals surface area contributed by atoms with E-state index in [-0.39, 0.29) is 10.8 Å². The van der Waals surface area contributed by atoms with Crippen LogP contribution in [0.4, 0.5) is 5.69 Å². The fourth-order valence-corrected chi connectivity index (χ4v) is 3.03. The molecule has 2 aromatic rings. The van der Waals surface area contributed by atoms with E-state index >= 15 is 0 Å². The first kappa shape index (κ1) is 17.0. The molecule has 0 spiro atoms. The molecular formula is C16H18N2O4S. The van der Waals surface area contributed by atoms with Crippen molar-refractivity contribution in [3.63, 3.8) is 0 Å². The lowest BCUT2D eigenvalue weighted by molar-refractivity contribution is 0.102. The number of benzene rings is 2. The largest absolute Gasteiger partial charge is 0.497 e. The fourth-order valence-electron chi connectivity index (χ4n) is 2.22. The van der Waals surface area contributed by atoms with Crippen LogP contribution >= 0.6 is 0 Å². The maximum Gasteiger partial charge on any atom is 0.256 e. The van der Waals surface area contributed by atoms with Gasteiger partial charge in [0.25, 0.3) is 5.91 Å². The van der Waals surface area contributed by atoms with Crippen LogP contribution in [0.2, 0.25) is 0 Å². The van der Waals surface area contributed by atoms with Crippen LogP contribution in [-0.4, -0.2) is 21.4 Å². The number of carbonyl (C=O) groups excluding carboxylic acids is 1. The minimum Gasteiger partial charge on any atom is -0.497 e. The second-order valence-corrected chi connectivity index (χ2v) is 6.64. The van der Waals surface area contributed by atoms with E-state index in [1.54, 1.807) is 31.2 Å². The van der Waals surface area contributed by atoms with Crippen molar-refractivity contribution in [3.8, 4) is 5.75 Å². The smallest absolute Gasteiger partial charge is 0.256 e. The van der Waals surface area contributed by atoms with Crippen molar-refractivity contribution in [2.45, 2.75) is 18.7 Å². The molecule has 1 amide bonds. The molecule has 0 fully saturated rings. The molecule has 0 saturated carbocycles. The van der Waals surface area contributed by atoms with Crippen molar-refractivity contribution >= 4 is 21.6 Å². The van der Waals surface area contributed by atoms with Crippen LogP contribution in [0.15, 0.2) is 41.3 Å². The van der Waals surface area contributed by atoms with Crippen LogP contribution < -0.4 is 15.2 Å². The molecule has 122 valence electrons. The van der Waals surface area contributed by atoms with Gasteiger partial charge in [-0.2, -0.15) is 0 Å². The van der Waals surface area contributed by atoms with Gasteiger partial charge in [-0.1, -0.05) is 12.1 Å². The van der Waals surface area contributed by atoms with Crippen molar-refractivity contribution in [2.75, 3.05) is 12.4 Å².